The van der Waals surface area contributed by atoms with Crippen LogP contribution in [-0.4, -0.2) is 14.5 Å². The number of hydrogen-bond acceptors (Lipinski definition) is 2. The quantitative estimate of drug-likeness (QED) is 0.683. The third-order valence-corrected chi connectivity index (χ3v) is 3.44. The number of halogens is 3. The molecule has 0 bridgehead atoms. The summed E-state index contributed by atoms with van der Waals surface area (Å²) in [5.74, 6) is -1.31. The summed E-state index contributed by atoms with van der Waals surface area (Å²) in [6.45, 7) is 2.08. The van der Waals surface area contributed by atoms with Crippen LogP contribution in [0.5, 0.6) is 0 Å². The summed E-state index contributed by atoms with van der Waals surface area (Å²) in [5, 5.41) is -0.420. The van der Waals surface area contributed by atoms with Crippen molar-refractivity contribution in [1.82, 2.24) is 14.5 Å². The number of fused-ring (bicyclic) bond motifs is 1. The van der Waals surface area contributed by atoms with Crippen LogP contribution in [0.25, 0.3) is 11.0 Å². The lowest BCUT2D eigenvalue weighted by Crippen LogP contribution is -2.07. The van der Waals surface area contributed by atoms with Gasteiger partial charge in [-0.1, -0.05) is 6.07 Å². The molecule has 2 aromatic heterocycles. The maximum atomic E-state index is 14.1. The fourth-order valence-electron chi connectivity index (χ4n) is 2.31. The van der Waals surface area contributed by atoms with Crippen LogP contribution in [0.2, 0.25) is 0 Å². The van der Waals surface area contributed by atoms with Crippen molar-refractivity contribution < 1.29 is 8.78 Å². The average molecular weight is 308 g/mol. The molecule has 3 aromatic rings. The predicted molar refractivity (Wildman–Crippen MR) is 77.3 cm³/mol. The topological polar surface area (TPSA) is 30.7 Å². The number of nitrogens with zero attached hydrogens (tertiary/aromatic N) is 3. The standard InChI is InChI=1S/C15H12ClF2N3/c1-9(16)15-20-12-5-4-11(17)13(18)14(12)21(15)8-10-3-2-6-19-7-10/h2-7,9H,8H2,1H3. The van der Waals surface area contributed by atoms with E-state index >= 15 is 0 Å². The molecule has 0 radical (unpaired) electrons. The van der Waals surface area contributed by atoms with E-state index in [1.807, 2.05) is 6.07 Å². The summed E-state index contributed by atoms with van der Waals surface area (Å²) in [7, 11) is 0. The first kappa shape index (κ1) is 13.9. The van der Waals surface area contributed by atoms with E-state index in [0.29, 0.717) is 17.9 Å². The van der Waals surface area contributed by atoms with Crippen molar-refractivity contribution in [2.75, 3.05) is 0 Å². The molecule has 0 amide bonds. The Morgan fingerprint density at radius 3 is 2.76 bits per heavy atom. The summed E-state index contributed by atoms with van der Waals surface area (Å²) >= 11 is 6.12. The molecule has 21 heavy (non-hydrogen) atoms. The fourth-order valence-corrected chi connectivity index (χ4v) is 2.48. The Morgan fingerprint density at radius 2 is 2.10 bits per heavy atom. The molecule has 0 saturated carbocycles. The van der Waals surface area contributed by atoms with E-state index in [0.717, 1.165) is 11.6 Å². The van der Waals surface area contributed by atoms with Crippen molar-refractivity contribution in [2.45, 2.75) is 18.8 Å². The molecule has 0 fully saturated rings. The monoisotopic (exact) mass is 307 g/mol. The molecule has 1 aromatic carbocycles. The average Bonchev–Trinajstić information content (AvgIpc) is 2.84. The maximum Gasteiger partial charge on any atom is 0.184 e. The molecule has 0 N–H and O–H groups in total. The number of hydrogen-bond donors (Lipinski definition) is 0. The van der Waals surface area contributed by atoms with Gasteiger partial charge < -0.3 is 4.57 Å². The van der Waals surface area contributed by atoms with Crippen LogP contribution < -0.4 is 0 Å². The van der Waals surface area contributed by atoms with Crippen LogP contribution in [0.15, 0.2) is 36.7 Å². The molecule has 0 aliphatic heterocycles. The van der Waals surface area contributed by atoms with Crippen LogP contribution in [-0.2, 0) is 6.54 Å². The van der Waals surface area contributed by atoms with Gasteiger partial charge in [0, 0.05) is 12.4 Å². The number of benzene rings is 1. The Hall–Kier alpha value is -2.01. The van der Waals surface area contributed by atoms with Gasteiger partial charge in [0.05, 0.1) is 17.4 Å². The van der Waals surface area contributed by atoms with E-state index in [2.05, 4.69) is 9.97 Å². The van der Waals surface area contributed by atoms with E-state index in [1.54, 1.807) is 30.0 Å². The molecule has 3 rings (SSSR count). The summed E-state index contributed by atoms with van der Waals surface area (Å²) in [4.78, 5) is 8.34. The highest BCUT2D eigenvalue weighted by Crippen LogP contribution is 2.28. The van der Waals surface area contributed by atoms with Crippen LogP contribution in [0, 0.1) is 11.6 Å². The highest BCUT2D eigenvalue weighted by molar-refractivity contribution is 6.20. The molecule has 6 heteroatoms. The maximum absolute atomic E-state index is 14.1. The minimum Gasteiger partial charge on any atom is -0.320 e. The van der Waals surface area contributed by atoms with Gasteiger partial charge in [-0.2, -0.15) is 0 Å². The van der Waals surface area contributed by atoms with E-state index in [9.17, 15) is 8.78 Å². The summed E-state index contributed by atoms with van der Waals surface area (Å²) in [6.07, 6.45) is 3.33. The summed E-state index contributed by atoms with van der Waals surface area (Å²) in [6, 6.07) is 6.17. The number of pyridine rings is 1. The second-order valence-electron chi connectivity index (χ2n) is 4.76. The lowest BCUT2D eigenvalue weighted by atomic mass is 10.2. The van der Waals surface area contributed by atoms with Crippen molar-refractivity contribution in [3.63, 3.8) is 0 Å². The summed E-state index contributed by atoms with van der Waals surface area (Å²) in [5.41, 5.74) is 1.38. The van der Waals surface area contributed by atoms with E-state index in [-0.39, 0.29) is 5.52 Å². The number of aromatic nitrogens is 3. The highest BCUT2D eigenvalue weighted by Gasteiger charge is 2.20. The van der Waals surface area contributed by atoms with Gasteiger partial charge in [0.1, 0.15) is 11.3 Å². The third kappa shape index (κ3) is 2.49. The molecule has 1 atom stereocenters. The molecular weight excluding hydrogens is 296 g/mol. The molecule has 0 spiro atoms. The van der Waals surface area contributed by atoms with Gasteiger partial charge in [-0.25, -0.2) is 13.8 Å². The van der Waals surface area contributed by atoms with Gasteiger partial charge in [-0.05, 0) is 30.7 Å². The number of rotatable bonds is 3. The lowest BCUT2D eigenvalue weighted by molar-refractivity contribution is 0.511. The summed E-state index contributed by atoms with van der Waals surface area (Å²) < 4.78 is 29.3. The van der Waals surface area contributed by atoms with Gasteiger partial charge in [-0.3, -0.25) is 4.98 Å². The molecule has 0 aliphatic carbocycles. The van der Waals surface area contributed by atoms with E-state index in [4.69, 9.17) is 11.6 Å². The normalized spacial score (nSPS) is 12.8. The highest BCUT2D eigenvalue weighted by atomic mass is 35.5. The Labute approximate surface area is 125 Å². The van der Waals surface area contributed by atoms with Crippen LogP contribution in [0.3, 0.4) is 0 Å². The first-order valence-electron chi connectivity index (χ1n) is 6.45. The van der Waals surface area contributed by atoms with Crippen LogP contribution >= 0.6 is 11.6 Å². The third-order valence-electron chi connectivity index (χ3n) is 3.25. The molecule has 0 saturated heterocycles. The molecule has 0 aliphatic rings. The van der Waals surface area contributed by atoms with Gasteiger partial charge in [0.15, 0.2) is 11.6 Å². The van der Waals surface area contributed by atoms with Gasteiger partial charge >= 0.3 is 0 Å². The van der Waals surface area contributed by atoms with Crippen molar-refractivity contribution >= 4 is 22.6 Å². The second kappa shape index (κ2) is 5.41. The second-order valence-corrected chi connectivity index (χ2v) is 5.42. The largest absolute Gasteiger partial charge is 0.320 e. The van der Waals surface area contributed by atoms with Gasteiger partial charge in [-0.15, -0.1) is 11.6 Å². The van der Waals surface area contributed by atoms with E-state index < -0.39 is 17.0 Å². The van der Waals surface area contributed by atoms with Crippen LogP contribution in [0.4, 0.5) is 8.78 Å². The SMILES string of the molecule is CC(Cl)c1nc2ccc(F)c(F)c2n1Cc1cccnc1. The van der Waals surface area contributed by atoms with Crippen molar-refractivity contribution in [3.8, 4) is 0 Å². The van der Waals surface area contributed by atoms with Gasteiger partial charge in [0.25, 0.3) is 0 Å². The van der Waals surface area contributed by atoms with Crippen molar-refractivity contribution in [1.29, 1.82) is 0 Å². The van der Waals surface area contributed by atoms with Crippen molar-refractivity contribution in [2.24, 2.45) is 0 Å². The minimum absolute atomic E-state index is 0.126. The molecular formula is C15H12ClF2N3. The van der Waals surface area contributed by atoms with E-state index in [1.165, 1.54) is 6.07 Å². The number of alkyl halides is 1. The molecule has 3 nitrogen and oxygen atoms in total. The number of imidazole rings is 1. The van der Waals surface area contributed by atoms with Crippen molar-refractivity contribution in [3.05, 3.63) is 59.7 Å². The lowest BCUT2D eigenvalue weighted by Gasteiger charge is -2.10. The zero-order valence-electron chi connectivity index (χ0n) is 11.2. The zero-order valence-corrected chi connectivity index (χ0v) is 12.0. The van der Waals surface area contributed by atoms with Crippen LogP contribution in [0.1, 0.15) is 23.7 Å². The molecule has 1 unspecified atom stereocenters. The fraction of sp³-hybridized carbons (Fsp3) is 0.200. The first-order valence-corrected chi connectivity index (χ1v) is 6.88. The molecule has 2 heterocycles. The Balaban J connectivity index is 2.22. The predicted octanol–water partition coefficient (Wildman–Crippen LogP) is 4.06. The smallest absolute Gasteiger partial charge is 0.184 e. The first-order chi connectivity index (χ1) is 10.1. The van der Waals surface area contributed by atoms with Gasteiger partial charge in [0.2, 0.25) is 0 Å². The molecule has 108 valence electrons. The minimum atomic E-state index is -0.910. The Kier molecular flexibility index (Phi) is 3.59. The Morgan fingerprint density at radius 1 is 1.29 bits per heavy atom. The zero-order chi connectivity index (χ0) is 15.0. The Bertz CT molecular complexity index is 784.